The molecule has 1 aliphatic carbocycles. The molecule has 1 atom stereocenters. The zero-order chi connectivity index (χ0) is 15.8. The lowest BCUT2D eigenvalue weighted by Gasteiger charge is -2.40. The van der Waals surface area contributed by atoms with E-state index in [1.807, 2.05) is 24.4 Å². The first-order valence-corrected chi connectivity index (χ1v) is 8.45. The van der Waals surface area contributed by atoms with Gasteiger partial charge in [-0.2, -0.15) is 0 Å². The first-order valence-electron chi connectivity index (χ1n) is 8.45. The van der Waals surface area contributed by atoms with Crippen molar-refractivity contribution in [2.75, 3.05) is 30.5 Å². The summed E-state index contributed by atoms with van der Waals surface area (Å²) in [6.45, 7) is 1.48. The van der Waals surface area contributed by atoms with Gasteiger partial charge in [0.05, 0.1) is 18.0 Å². The lowest BCUT2D eigenvalue weighted by atomic mass is 10.0. The molecule has 2 aliphatic heterocycles. The smallest absolute Gasteiger partial charge is 0.273 e. The van der Waals surface area contributed by atoms with Crippen LogP contribution in [0.1, 0.15) is 25.7 Å². The number of nitrogens with one attached hydrogen (secondary N) is 1. The minimum atomic E-state index is -0.00777. The van der Waals surface area contributed by atoms with Crippen molar-refractivity contribution in [3.8, 4) is 0 Å². The normalized spacial score (nSPS) is 23.6. The highest BCUT2D eigenvalue weighted by molar-refractivity contribution is 6.12. The van der Waals surface area contributed by atoms with Crippen LogP contribution < -0.4 is 10.2 Å². The second kappa shape index (κ2) is 5.89. The second-order valence-electron chi connectivity index (χ2n) is 6.54. The van der Waals surface area contributed by atoms with Gasteiger partial charge in [-0.25, -0.2) is 0 Å². The SMILES string of the molecule is COCCN1C=C2C(=O)Nc3ccccc3N2C1C1CCCC1. The average Bonchev–Trinajstić information content (AvgIpc) is 3.20. The van der Waals surface area contributed by atoms with Crippen LogP contribution in [0.25, 0.3) is 0 Å². The third-order valence-electron chi connectivity index (χ3n) is 5.17. The van der Waals surface area contributed by atoms with Crippen molar-refractivity contribution in [3.05, 3.63) is 36.2 Å². The van der Waals surface area contributed by atoms with Crippen molar-refractivity contribution in [1.82, 2.24) is 4.90 Å². The Kier molecular flexibility index (Phi) is 3.73. The molecule has 1 N–H and O–H groups in total. The number of methoxy groups -OCH3 is 1. The number of anilines is 2. The van der Waals surface area contributed by atoms with Gasteiger partial charge < -0.3 is 19.9 Å². The Balaban J connectivity index is 1.74. The van der Waals surface area contributed by atoms with Crippen LogP contribution in [-0.4, -0.2) is 37.2 Å². The molecular formula is C18H23N3O2. The van der Waals surface area contributed by atoms with Crippen molar-refractivity contribution >= 4 is 17.3 Å². The lowest BCUT2D eigenvalue weighted by molar-refractivity contribution is -0.113. The first kappa shape index (κ1) is 14.6. The zero-order valence-electron chi connectivity index (χ0n) is 13.5. The van der Waals surface area contributed by atoms with E-state index in [9.17, 15) is 4.79 Å². The number of ether oxygens (including phenoxy) is 1. The maximum atomic E-state index is 12.5. The lowest BCUT2D eigenvalue weighted by Crippen LogP contribution is -2.48. The molecule has 0 spiro atoms. The third-order valence-corrected chi connectivity index (χ3v) is 5.17. The molecule has 5 nitrogen and oxygen atoms in total. The van der Waals surface area contributed by atoms with Crippen LogP contribution in [0.15, 0.2) is 36.2 Å². The maximum Gasteiger partial charge on any atom is 0.273 e. The van der Waals surface area contributed by atoms with Gasteiger partial charge >= 0.3 is 0 Å². The number of carbonyl (C=O) groups excluding carboxylic acids is 1. The molecule has 0 saturated heterocycles. The van der Waals surface area contributed by atoms with Gasteiger partial charge in [0.2, 0.25) is 0 Å². The predicted molar refractivity (Wildman–Crippen MR) is 90.0 cm³/mol. The van der Waals surface area contributed by atoms with Crippen LogP contribution in [0.2, 0.25) is 0 Å². The van der Waals surface area contributed by atoms with Gasteiger partial charge in [-0.1, -0.05) is 25.0 Å². The number of fused-ring (bicyclic) bond motifs is 3. The summed E-state index contributed by atoms with van der Waals surface area (Å²) in [6.07, 6.45) is 7.29. The Morgan fingerprint density at radius 2 is 2.04 bits per heavy atom. The summed E-state index contributed by atoms with van der Waals surface area (Å²) in [4.78, 5) is 17.1. The molecular weight excluding hydrogens is 290 g/mol. The first-order chi connectivity index (χ1) is 11.3. The van der Waals surface area contributed by atoms with Gasteiger partial charge in [0, 0.05) is 19.9 Å². The van der Waals surface area contributed by atoms with Gasteiger partial charge in [0.25, 0.3) is 5.91 Å². The minimum Gasteiger partial charge on any atom is -0.383 e. The van der Waals surface area contributed by atoms with Crippen molar-refractivity contribution in [3.63, 3.8) is 0 Å². The van der Waals surface area contributed by atoms with Gasteiger partial charge in [0.1, 0.15) is 11.9 Å². The number of nitrogens with zero attached hydrogens (tertiary/aromatic N) is 2. The van der Waals surface area contributed by atoms with Gasteiger partial charge in [0.15, 0.2) is 0 Å². The fraction of sp³-hybridized carbons (Fsp3) is 0.500. The van der Waals surface area contributed by atoms with Crippen molar-refractivity contribution in [2.45, 2.75) is 31.8 Å². The summed E-state index contributed by atoms with van der Waals surface area (Å²) in [5, 5.41) is 3.01. The topological polar surface area (TPSA) is 44.8 Å². The molecule has 1 aromatic carbocycles. The summed E-state index contributed by atoms with van der Waals surface area (Å²) >= 11 is 0. The van der Waals surface area contributed by atoms with Crippen LogP contribution in [0, 0.1) is 5.92 Å². The fourth-order valence-electron chi connectivity index (χ4n) is 4.13. The van der Waals surface area contributed by atoms with Crippen LogP contribution in [0.5, 0.6) is 0 Å². The van der Waals surface area contributed by atoms with E-state index in [1.165, 1.54) is 25.7 Å². The van der Waals surface area contributed by atoms with Crippen LogP contribution in [0.3, 0.4) is 0 Å². The molecule has 23 heavy (non-hydrogen) atoms. The standard InChI is InChI=1S/C18H23N3O2/c1-23-11-10-20-12-16-17(22)19-14-8-4-5-9-15(14)21(16)18(20)13-6-2-3-7-13/h4-5,8-9,12-13,18H,2-3,6-7,10-11H2,1H3,(H,19,22). The highest BCUT2D eigenvalue weighted by Crippen LogP contribution is 2.44. The molecule has 0 aromatic heterocycles. The Morgan fingerprint density at radius 3 is 2.83 bits per heavy atom. The summed E-state index contributed by atoms with van der Waals surface area (Å²) in [5.74, 6) is 0.589. The molecule has 122 valence electrons. The maximum absolute atomic E-state index is 12.5. The zero-order valence-corrected chi connectivity index (χ0v) is 13.5. The number of hydrogen-bond acceptors (Lipinski definition) is 4. The molecule has 2 heterocycles. The van der Waals surface area contributed by atoms with Crippen LogP contribution >= 0.6 is 0 Å². The molecule has 1 amide bonds. The van der Waals surface area contributed by atoms with E-state index in [2.05, 4.69) is 21.2 Å². The second-order valence-corrected chi connectivity index (χ2v) is 6.54. The van der Waals surface area contributed by atoms with Gasteiger partial charge in [-0.05, 0) is 30.9 Å². The molecule has 1 fully saturated rings. The monoisotopic (exact) mass is 313 g/mol. The van der Waals surface area contributed by atoms with Crippen LogP contribution in [-0.2, 0) is 9.53 Å². The summed E-state index contributed by atoms with van der Waals surface area (Å²) in [5.41, 5.74) is 2.78. The predicted octanol–water partition coefficient (Wildman–Crippen LogP) is 2.76. The molecule has 3 aliphatic rings. The number of carbonyl (C=O) groups is 1. The highest BCUT2D eigenvalue weighted by atomic mass is 16.5. The number of rotatable bonds is 4. The van der Waals surface area contributed by atoms with Crippen molar-refractivity contribution in [1.29, 1.82) is 0 Å². The molecule has 4 rings (SSSR count). The van der Waals surface area contributed by atoms with E-state index >= 15 is 0 Å². The Labute approximate surface area is 136 Å². The molecule has 0 radical (unpaired) electrons. The third kappa shape index (κ3) is 2.39. The molecule has 1 aromatic rings. The van der Waals surface area contributed by atoms with E-state index in [0.29, 0.717) is 12.5 Å². The highest BCUT2D eigenvalue weighted by Gasteiger charge is 2.44. The Bertz CT molecular complexity index is 637. The Hall–Kier alpha value is -2.01. The summed E-state index contributed by atoms with van der Waals surface area (Å²) in [7, 11) is 1.73. The van der Waals surface area contributed by atoms with Gasteiger partial charge in [-0.3, -0.25) is 4.79 Å². The van der Waals surface area contributed by atoms with E-state index in [4.69, 9.17) is 4.74 Å². The molecule has 5 heteroatoms. The molecule has 0 bridgehead atoms. The van der Waals surface area contributed by atoms with Gasteiger partial charge in [-0.15, -0.1) is 0 Å². The number of para-hydroxylation sites is 2. The summed E-state index contributed by atoms with van der Waals surface area (Å²) < 4.78 is 5.27. The largest absolute Gasteiger partial charge is 0.383 e. The average molecular weight is 313 g/mol. The quantitative estimate of drug-likeness (QED) is 0.928. The number of amides is 1. The van der Waals surface area contributed by atoms with Crippen molar-refractivity contribution < 1.29 is 9.53 Å². The summed E-state index contributed by atoms with van der Waals surface area (Å²) in [6, 6.07) is 8.09. The fourth-order valence-corrected chi connectivity index (χ4v) is 4.13. The van der Waals surface area contributed by atoms with E-state index < -0.39 is 0 Å². The van der Waals surface area contributed by atoms with E-state index in [-0.39, 0.29) is 12.1 Å². The van der Waals surface area contributed by atoms with E-state index in [0.717, 1.165) is 23.6 Å². The Morgan fingerprint density at radius 1 is 1.26 bits per heavy atom. The van der Waals surface area contributed by atoms with Crippen LogP contribution in [0.4, 0.5) is 11.4 Å². The van der Waals surface area contributed by atoms with Crippen molar-refractivity contribution in [2.24, 2.45) is 5.92 Å². The molecule has 1 saturated carbocycles. The number of hydrogen-bond donors (Lipinski definition) is 1. The minimum absolute atomic E-state index is 0.00777. The van der Waals surface area contributed by atoms with E-state index in [1.54, 1.807) is 7.11 Å². The number of benzene rings is 1. The molecule has 1 unspecified atom stereocenters.